The number of nitrogens with one attached hydrogen (secondary N) is 2. The van der Waals surface area contributed by atoms with E-state index in [9.17, 15) is 4.79 Å². The third-order valence-electron chi connectivity index (χ3n) is 3.00. The predicted octanol–water partition coefficient (Wildman–Crippen LogP) is 1.43. The van der Waals surface area contributed by atoms with Gasteiger partial charge in [-0.3, -0.25) is 4.79 Å². The normalized spacial score (nSPS) is 13.1. The van der Waals surface area contributed by atoms with Crippen molar-refractivity contribution in [3.63, 3.8) is 0 Å². The molecule has 2 rings (SSSR count). The van der Waals surface area contributed by atoms with E-state index >= 15 is 0 Å². The van der Waals surface area contributed by atoms with E-state index in [0.29, 0.717) is 23.8 Å². The van der Waals surface area contributed by atoms with Gasteiger partial charge in [-0.15, -0.1) is 0 Å². The fourth-order valence-electron chi connectivity index (χ4n) is 1.81. The minimum Gasteiger partial charge on any atom is -0.483 e. The van der Waals surface area contributed by atoms with E-state index in [1.165, 1.54) is 0 Å². The molecular formula is C15H22N2O4. The molecule has 6 nitrogen and oxygen atoms in total. The summed E-state index contributed by atoms with van der Waals surface area (Å²) < 4.78 is 16.3. The van der Waals surface area contributed by atoms with E-state index < -0.39 is 0 Å². The summed E-state index contributed by atoms with van der Waals surface area (Å²) in [6.45, 7) is 7.06. The van der Waals surface area contributed by atoms with Gasteiger partial charge >= 0.3 is 0 Å². The molecule has 1 aromatic rings. The van der Waals surface area contributed by atoms with Crippen LogP contribution in [-0.4, -0.2) is 31.9 Å². The fraction of sp³-hybridized carbons (Fsp3) is 0.533. The molecule has 0 aromatic heterocycles. The molecule has 1 heterocycles. The number of amides is 1. The first-order valence-corrected chi connectivity index (χ1v) is 6.90. The van der Waals surface area contributed by atoms with Crippen LogP contribution in [0.5, 0.6) is 17.2 Å². The standard InChI is InChI=1S/C15H22N2O4/c1-15(2,3)17-7-10-5-12-13(21-9-20-12)6-11(10)19-8-14(18)16-4/h5-6,17H,7-9H2,1-4H3,(H,16,18). The van der Waals surface area contributed by atoms with Gasteiger partial charge in [0, 0.05) is 30.8 Å². The maximum absolute atomic E-state index is 11.3. The van der Waals surface area contributed by atoms with Crippen LogP contribution in [0.3, 0.4) is 0 Å². The Hall–Kier alpha value is -1.95. The Morgan fingerprint density at radius 2 is 1.95 bits per heavy atom. The number of ether oxygens (including phenoxy) is 3. The maximum Gasteiger partial charge on any atom is 0.257 e. The van der Waals surface area contributed by atoms with Crippen molar-refractivity contribution in [3.05, 3.63) is 17.7 Å². The highest BCUT2D eigenvalue weighted by Gasteiger charge is 2.19. The average Bonchev–Trinajstić information content (AvgIpc) is 2.87. The van der Waals surface area contributed by atoms with Crippen LogP contribution < -0.4 is 24.8 Å². The van der Waals surface area contributed by atoms with Crippen LogP contribution in [0.25, 0.3) is 0 Å². The molecule has 0 aliphatic carbocycles. The van der Waals surface area contributed by atoms with E-state index in [1.807, 2.05) is 6.07 Å². The first-order chi connectivity index (χ1) is 9.89. The van der Waals surface area contributed by atoms with E-state index in [1.54, 1.807) is 13.1 Å². The van der Waals surface area contributed by atoms with E-state index in [0.717, 1.165) is 5.56 Å². The van der Waals surface area contributed by atoms with Crippen LogP contribution in [0.1, 0.15) is 26.3 Å². The van der Waals surface area contributed by atoms with Gasteiger partial charge in [-0.2, -0.15) is 0 Å². The highest BCUT2D eigenvalue weighted by molar-refractivity contribution is 5.77. The molecule has 6 heteroatoms. The molecular weight excluding hydrogens is 272 g/mol. The molecule has 1 aliphatic rings. The van der Waals surface area contributed by atoms with Gasteiger partial charge < -0.3 is 24.8 Å². The Labute approximate surface area is 124 Å². The first-order valence-electron chi connectivity index (χ1n) is 6.90. The Balaban J connectivity index is 2.17. The number of hydrogen-bond donors (Lipinski definition) is 2. The molecule has 0 atom stereocenters. The zero-order chi connectivity index (χ0) is 15.5. The van der Waals surface area contributed by atoms with Gasteiger partial charge in [0.25, 0.3) is 5.91 Å². The van der Waals surface area contributed by atoms with Crippen molar-refractivity contribution in [1.82, 2.24) is 10.6 Å². The van der Waals surface area contributed by atoms with Gasteiger partial charge in [-0.1, -0.05) is 0 Å². The Morgan fingerprint density at radius 3 is 2.57 bits per heavy atom. The smallest absolute Gasteiger partial charge is 0.257 e. The number of carbonyl (C=O) groups excluding carboxylic acids is 1. The number of fused-ring (bicyclic) bond motifs is 1. The van der Waals surface area contributed by atoms with Crippen LogP contribution >= 0.6 is 0 Å². The number of benzene rings is 1. The zero-order valence-electron chi connectivity index (χ0n) is 12.9. The lowest BCUT2D eigenvalue weighted by atomic mass is 10.1. The van der Waals surface area contributed by atoms with Crippen molar-refractivity contribution >= 4 is 5.91 Å². The SMILES string of the molecule is CNC(=O)COc1cc2c(cc1CNC(C)(C)C)OCO2. The minimum absolute atomic E-state index is 0.0194. The zero-order valence-corrected chi connectivity index (χ0v) is 12.9. The van der Waals surface area contributed by atoms with Crippen molar-refractivity contribution in [2.24, 2.45) is 0 Å². The number of rotatable bonds is 5. The summed E-state index contributed by atoms with van der Waals surface area (Å²) >= 11 is 0. The summed E-state index contributed by atoms with van der Waals surface area (Å²) in [6.07, 6.45) is 0. The van der Waals surface area contributed by atoms with Gasteiger partial charge in [-0.05, 0) is 26.8 Å². The largest absolute Gasteiger partial charge is 0.483 e. The van der Waals surface area contributed by atoms with Gasteiger partial charge in [0.1, 0.15) is 5.75 Å². The lowest BCUT2D eigenvalue weighted by molar-refractivity contribution is -0.122. The molecule has 0 unspecified atom stereocenters. The summed E-state index contributed by atoms with van der Waals surface area (Å²) in [5, 5.41) is 5.92. The number of likely N-dealkylation sites (N-methyl/N-ethyl adjacent to an activating group) is 1. The summed E-state index contributed by atoms with van der Waals surface area (Å²) in [6, 6.07) is 3.66. The number of carbonyl (C=O) groups is 1. The maximum atomic E-state index is 11.3. The Bertz CT molecular complexity index is 523. The molecule has 0 bridgehead atoms. The van der Waals surface area contributed by atoms with Crippen molar-refractivity contribution in [3.8, 4) is 17.2 Å². The summed E-state index contributed by atoms with van der Waals surface area (Å²) in [4.78, 5) is 11.3. The molecule has 21 heavy (non-hydrogen) atoms. The van der Waals surface area contributed by atoms with E-state index in [-0.39, 0.29) is 24.8 Å². The minimum atomic E-state index is -0.178. The van der Waals surface area contributed by atoms with Crippen LogP contribution in [-0.2, 0) is 11.3 Å². The summed E-state index contributed by atoms with van der Waals surface area (Å²) in [5.74, 6) is 1.79. The molecule has 0 radical (unpaired) electrons. The molecule has 1 aliphatic heterocycles. The molecule has 2 N–H and O–H groups in total. The highest BCUT2D eigenvalue weighted by Crippen LogP contribution is 2.38. The second-order valence-corrected chi connectivity index (χ2v) is 5.88. The second-order valence-electron chi connectivity index (χ2n) is 5.88. The quantitative estimate of drug-likeness (QED) is 0.860. The van der Waals surface area contributed by atoms with Crippen LogP contribution in [0, 0.1) is 0 Å². The number of hydrogen-bond acceptors (Lipinski definition) is 5. The molecule has 1 amide bonds. The summed E-state index contributed by atoms with van der Waals surface area (Å²) in [7, 11) is 1.58. The molecule has 116 valence electrons. The van der Waals surface area contributed by atoms with Crippen LogP contribution in [0.2, 0.25) is 0 Å². The Morgan fingerprint density at radius 1 is 1.29 bits per heavy atom. The third-order valence-corrected chi connectivity index (χ3v) is 3.00. The highest BCUT2D eigenvalue weighted by atomic mass is 16.7. The fourth-order valence-corrected chi connectivity index (χ4v) is 1.81. The van der Waals surface area contributed by atoms with Crippen molar-refractivity contribution in [2.45, 2.75) is 32.9 Å². The van der Waals surface area contributed by atoms with Gasteiger partial charge in [0.2, 0.25) is 6.79 Å². The molecule has 0 saturated heterocycles. The van der Waals surface area contributed by atoms with Crippen LogP contribution in [0.4, 0.5) is 0 Å². The monoisotopic (exact) mass is 294 g/mol. The lowest BCUT2D eigenvalue weighted by Gasteiger charge is -2.22. The summed E-state index contributed by atoms with van der Waals surface area (Å²) in [5.41, 5.74) is 0.909. The average molecular weight is 294 g/mol. The first kappa shape index (κ1) is 15.4. The van der Waals surface area contributed by atoms with Gasteiger partial charge in [-0.25, -0.2) is 0 Å². The molecule has 1 aromatic carbocycles. The Kier molecular flexibility index (Phi) is 4.57. The topological polar surface area (TPSA) is 68.8 Å². The van der Waals surface area contributed by atoms with Crippen LogP contribution in [0.15, 0.2) is 12.1 Å². The van der Waals surface area contributed by atoms with Crippen molar-refractivity contribution in [1.29, 1.82) is 0 Å². The third kappa shape index (κ3) is 4.26. The predicted molar refractivity (Wildman–Crippen MR) is 78.7 cm³/mol. The lowest BCUT2D eigenvalue weighted by Crippen LogP contribution is -2.35. The van der Waals surface area contributed by atoms with E-state index in [4.69, 9.17) is 14.2 Å². The van der Waals surface area contributed by atoms with Gasteiger partial charge in [0.05, 0.1) is 0 Å². The molecule has 0 spiro atoms. The van der Waals surface area contributed by atoms with Crippen molar-refractivity contribution in [2.75, 3.05) is 20.4 Å². The van der Waals surface area contributed by atoms with E-state index in [2.05, 4.69) is 31.4 Å². The molecule has 0 saturated carbocycles. The van der Waals surface area contributed by atoms with Crippen molar-refractivity contribution < 1.29 is 19.0 Å². The second kappa shape index (κ2) is 6.22. The molecule has 0 fully saturated rings. The van der Waals surface area contributed by atoms with Gasteiger partial charge in [0.15, 0.2) is 18.1 Å².